The minimum absolute atomic E-state index is 0.479. The Kier molecular flexibility index (Phi) is 7.40. The van der Waals surface area contributed by atoms with Crippen molar-refractivity contribution < 1.29 is 9.47 Å². The van der Waals surface area contributed by atoms with Crippen LogP contribution in [0, 0.1) is 6.92 Å². The van der Waals surface area contributed by atoms with Crippen molar-refractivity contribution in [3.05, 3.63) is 86.3 Å². The van der Waals surface area contributed by atoms with E-state index in [1.165, 1.54) is 5.56 Å². The second-order valence-corrected chi connectivity index (χ2v) is 8.19. The molecule has 0 amide bonds. The number of hydrogen-bond acceptors (Lipinski definition) is 3. The predicted octanol–water partition coefficient (Wildman–Crippen LogP) is 7.11. The molecule has 0 radical (unpaired) electrons. The Bertz CT molecular complexity index is 926. The van der Waals surface area contributed by atoms with Crippen LogP contribution in [0.25, 0.3) is 0 Å². The van der Waals surface area contributed by atoms with Gasteiger partial charge >= 0.3 is 0 Å². The molecule has 0 bridgehead atoms. The highest BCUT2D eigenvalue weighted by molar-refractivity contribution is 9.10. The van der Waals surface area contributed by atoms with E-state index in [9.17, 15) is 0 Å². The highest BCUT2D eigenvalue weighted by atomic mass is 79.9. The van der Waals surface area contributed by atoms with Crippen LogP contribution in [0.5, 0.6) is 11.5 Å². The molecule has 3 aromatic rings. The van der Waals surface area contributed by atoms with Crippen LogP contribution in [-0.4, -0.2) is 6.61 Å². The summed E-state index contributed by atoms with van der Waals surface area (Å²) in [6.45, 7) is 5.84. The fourth-order valence-corrected chi connectivity index (χ4v) is 3.70. The highest BCUT2D eigenvalue weighted by Gasteiger charge is 2.13. The Hall–Kier alpha value is -1.98. The molecule has 0 saturated heterocycles. The molecule has 146 valence electrons. The van der Waals surface area contributed by atoms with Gasteiger partial charge in [-0.25, -0.2) is 0 Å². The maximum Gasteiger partial charge on any atom is 0.175 e. The highest BCUT2D eigenvalue weighted by Crippen LogP contribution is 2.37. The van der Waals surface area contributed by atoms with Gasteiger partial charge in [-0.05, 0) is 76.8 Å². The van der Waals surface area contributed by atoms with Gasteiger partial charge < -0.3 is 14.8 Å². The van der Waals surface area contributed by atoms with E-state index in [-0.39, 0.29) is 0 Å². The second-order valence-electron chi connectivity index (χ2n) is 6.42. The number of ether oxygens (including phenoxy) is 2. The van der Waals surface area contributed by atoms with Crippen molar-refractivity contribution in [1.29, 1.82) is 0 Å². The van der Waals surface area contributed by atoms with Gasteiger partial charge in [0.25, 0.3) is 0 Å². The van der Waals surface area contributed by atoms with E-state index in [0.29, 0.717) is 19.8 Å². The summed E-state index contributed by atoms with van der Waals surface area (Å²) in [5.74, 6) is 1.47. The average molecular weight is 505 g/mol. The van der Waals surface area contributed by atoms with Crippen molar-refractivity contribution in [1.82, 2.24) is 0 Å². The zero-order valence-corrected chi connectivity index (χ0v) is 19.1. The lowest BCUT2D eigenvalue weighted by Gasteiger charge is -2.16. The van der Waals surface area contributed by atoms with Gasteiger partial charge in [-0.1, -0.05) is 46.3 Å². The molecule has 1 N–H and O–H groups in total. The molecule has 28 heavy (non-hydrogen) atoms. The first kappa shape index (κ1) is 20.7. The Labute approximate surface area is 183 Å². The number of aryl methyl sites for hydroxylation is 1. The third kappa shape index (κ3) is 5.52. The van der Waals surface area contributed by atoms with E-state index >= 15 is 0 Å². The standard InChI is InChI=1S/C23H23Br2NO2/c1-3-27-22-13-18(14-26-21-7-5-4-6-16(21)2)12-20(25)23(22)28-15-17-8-10-19(24)11-9-17/h4-13,26H,3,14-15H2,1-2H3. The summed E-state index contributed by atoms with van der Waals surface area (Å²) >= 11 is 7.11. The molecule has 3 aromatic carbocycles. The minimum Gasteiger partial charge on any atom is -0.490 e. The summed E-state index contributed by atoms with van der Waals surface area (Å²) in [7, 11) is 0. The molecular weight excluding hydrogens is 482 g/mol. The van der Waals surface area contributed by atoms with E-state index in [0.717, 1.165) is 37.3 Å². The molecule has 3 rings (SSSR count). The molecule has 0 aliphatic carbocycles. The lowest BCUT2D eigenvalue weighted by atomic mass is 10.1. The Morgan fingerprint density at radius 1 is 0.893 bits per heavy atom. The van der Waals surface area contributed by atoms with Crippen LogP contribution < -0.4 is 14.8 Å². The lowest BCUT2D eigenvalue weighted by Crippen LogP contribution is -2.04. The van der Waals surface area contributed by atoms with Gasteiger partial charge in [0.15, 0.2) is 11.5 Å². The number of halogens is 2. The Morgan fingerprint density at radius 2 is 1.64 bits per heavy atom. The van der Waals surface area contributed by atoms with E-state index in [1.807, 2.05) is 49.4 Å². The number of hydrogen-bond donors (Lipinski definition) is 1. The van der Waals surface area contributed by atoms with Gasteiger partial charge in [0, 0.05) is 16.7 Å². The largest absolute Gasteiger partial charge is 0.490 e. The molecule has 0 aliphatic rings. The number of rotatable bonds is 8. The fraction of sp³-hybridized carbons (Fsp3) is 0.217. The first-order chi connectivity index (χ1) is 13.6. The predicted molar refractivity (Wildman–Crippen MR) is 122 cm³/mol. The summed E-state index contributed by atoms with van der Waals surface area (Å²) < 4.78 is 13.9. The molecule has 0 heterocycles. The van der Waals surface area contributed by atoms with Crippen molar-refractivity contribution in [2.24, 2.45) is 0 Å². The molecule has 5 heteroatoms. The topological polar surface area (TPSA) is 30.5 Å². The molecule has 0 aromatic heterocycles. The van der Waals surface area contributed by atoms with Crippen LogP contribution in [0.15, 0.2) is 69.6 Å². The van der Waals surface area contributed by atoms with E-state index in [2.05, 4.69) is 62.3 Å². The SMILES string of the molecule is CCOc1cc(CNc2ccccc2C)cc(Br)c1OCc1ccc(Br)cc1. The van der Waals surface area contributed by atoms with Crippen molar-refractivity contribution in [3.63, 3.8) is 0 Å². The molecular formula is C23H23Br2NO2. The Balaban J connectivity index is 1.75. The second kappa shape index (κ2) is 9.99. The van der Waals surface area contributed by atoms with Crippen LogP contribution in [0.4, 0.5) is 5.69 Å². The number of anilines is 1. The van der Waals surface area contributed by atoms with Gasteiger partial charge in [0.2, 0.25) is 0 Å². The number of benzene rings is 3. The summed E-state index contributed by atoms with van der Waals surface area (Å²) in [6.07, 6.45) is 0. The zero-order chi connectivity index (χ0) is 19.9. The summed E-state index contributed by atoms with van der Waals surface area (Å²) in [5, 5.41) is 3.49. The molecule has 0 fully saturated rings. The molecule has 3 nitrogen and oxygen atoms in total. The van der Waals surface area contributed by atoms with Crippen molar-refractivity contribution >= 4 is 37.5 Å². The van der Waals surface area contributed by atoms with Crippen molar-refractivity contribution in [3.8, 4) is 11.5 Å². The van der Waals surface area contributed by atoms with Gasteiger partial charge in [-0.2, -0.15) is 0 Å². The number of nitrogens with one attached hydrogen (secondary N) is 1. The fourth-order valence-electron chi connectivity index (χ4n) is 2.83. The van der Waals surface area contributed by atoms with Gasteiger partial charge in [-0.3, -0.25) is 0 Å². The van der Waals surface area contributed by atoms with Crippen LogP contribution in [0.1, 0.15) is 23.6 Å². The van der Waals surface area contributed by atoms with Crippen molar-refractivity contribution in [2.45, 2.75) is 27.0 Å². The molecule has 0 unspecified atom stereocenters. The van der Waals surface area contributed by atoms with E-state index < -0.39 is 0 Å². The molecule has 0 saturated carbocycles. The summed E-state index contributed by atoms with van der Waals surface area (Å²) in [4.78, 5) is 0. The third-order valence-electron chi connectivity index (χ3n) is 4.29. The van der Waals surface area contributed by atoms with Crippen LogP contribution in [0.3, 0.4) is 0 Å². The molecule has 0 spiro atoms. The smallest absolute Gasteiger partial charge is 0.175 e. The number of para-hydroxylation sites is 1. The average Bonchev–Trinajstić information content (AvgIpc) is 2.68. The Morgan fingerprint density at radius 3 is 2.36 bits per heavy atom. The van der Waals surface area contributed by atoms with Crippen LogP contribution in [-0.2, 0) is 13.2 Å². The quantitative estimate of drug-likeness (QED) is 0.354. The summed E-state index contributed by atoms with van der Waals surface area (Å²) in [5.41, 5.74) is 4.57. The molecule has 0 atom stereocenters. The first-order valence-corrected chi connectivity index (χ1v) is 10.8. The van der Waals surface area contributed by atoms with Gasteiger partial charge in [-0.15, -0.1) is 0 Å². The maximum absolute atomic E-state index is 6.08. The monoisotopic (exact) mass is 503 g/mol. The van der Waals surface area contributed by atoms with E-state index in [4.69, 9.17) is 9.47 Å². The van der Waals surface area contributed by atoms with Crippen LogP contribution >= 0.6 is 31.9 Å². The maximum atomic E-state index is 6.08. The summed E-state index contributed by atoms with van der Waals surface area (Å²) in [6, 6.07) is 20.5. The van der Waals surface area contributed by atoms with Crippen LogP contribution in [0.2, 0.25) is 0 Å². The molecule has 0 aliphatic heterocycles. The minimum atomic E-state index is 0.479. The zero-order valence-electron chi connectivity index (χ0n) is 16.0. The van der Waals surface area contributed by atoms with Crippen molar-refractivity contribution in [2.75, 3.05) is 11.9 Å². The van der Waals surface area contributed by atoms with Gasteiger partial charge in [0.05, 0.1) is 11.1 Å². The van der Waals surface area contributed by atoms with Gasteiger partial charge in [0.1, 0.15) is 6.61 Å². The first-order valence-electron chi connectivity index (χ1n) is 9.18. The normalized spacial score (nSPS) is 10.6. The van der Waals surface area contributed by atoms with E-state index in [1.54, 1.807) is 0 Å². The third-order valence-corrected chi connectivity index (χ3v) is 5.41. The lowest BCUT2D eigenvalue weighted by molar-refractivity contribution is 0.267.